The molecule has 0 radical (unpaired) electrons. The average molecular weight is 344 g/mol. The van der Waals surface area contributed by atoms with Gasteiger partial charge >= 0.3 is 0 Å². The van der Waals surface area contributed by atoms with Gasteiger partial charge in [0, 0.05) is 16.2 Å². The summed E-state index contributed by atoms with van der Waals surface area (Å²) < 4.78 is 13.7. The van der Waals surface area contributed by atoms with E-state index in [2.05, 4.69) is 10.0 Å². The molecular formula is C14H15ClFN3O2S. The van der Waals surface area contributed by atoms with Gasteiger partial charge in [0.1, 0.15) is 5.82 Å². The van der Waals surface area contributed by atoms with Gasteiger partial charge in [-0.05, 0) is 28.7 Å². The summed E-state index contributed by atoms with van der Waals surface area (Å²) in [5.74, 6) is -1.66. The van der Waals surface area contributed by atoms with Crippen molar-refractivity contribution < 1.29 is 14.0 Å². The van der Waals surface area contributed by atoms with Crippen LogP contribution < -0.4 is 0 Å². The van der Waals surface area contributed by atoms with Crippen LogP contribution in [-0.4, -0.2) is 11.0 Å². The zero-order chi connectivity index (χ0) is 16.7. The van der Waals surface area contributed by atoms with Crippen molar-refractivity contribution in [1.29, 1.82) is 0 Å². The smallest absolute Gasteiger partial charge is 0.252 e. The van der Waals surface area contributed by atoms with Crippen LogP contribution in [0.3, 0.4) is 0 Å². The van der Waals surface area contributed by atoms with Crippen LogP contribution in [0.4, 0.5) is 4.39 Å². The molecule has 0 N–H and O–H groups in total. The molecule has 0 unspecified atom stereocenters. The van der Waals surface area contributed by atoms with Crippen molar-refractivity contribution in [3.63, 3.8) is 0 Å². The Labute approximate surface area is 136 Å². The van der Waals surface area contributed by atoms with Gasteiger partial charge in [0.05, 0.1) is 10.6 Å². The van der Waals surface area contributed by atoms with E-state index in [-0.39, 0.29) is 21.0 Å². The molecule has 0 saturated heterocycles. The highest BCUT2D eigenvalue weighted by atomic mass is 35.5. The molecule has 1 rings (SSSR count). The Morgan fingerprint density at radius 3 is 2.59 bits per heavy atom. The average Bonchev–Trinajstić information content (AvgIpc) is 2.47. The van der Waals surface area contributed by atoms with Gasteiger partial charge in [-0.15, -0.1) is 0 Å². The first-order valence-electron chi connectivity index (χ1n) is 6.72. The van der Waals surface area contributed by atoms with Crippen molar-refractivity contribution in [2.45, 2.75) is 38.0 Å². The van der Waals surface area contributed by atoms with Gasteiger partial charge in [0.25, 0.3) is 5.91 Å². The lowest BCUT2D eigenvalue weighted by atomic mass is 10.0. The van der Waals surface area contributed by atoms with Crippen molar-refractivity contribution >= 4 is 34.4 Å². The van der Waals surface area contributed by atoms with E-state index in [0.29, 0.717) is 6.42 Å². The monoisotopic (exact) mass is 343 g/mol. The van der Waals surface area contributed by atoms with Gasteiger partial charge in [-0.1, -0.05) is 50.1 Å². The molecule has 0 heterocycles. The Balaban J connectivity index is 3.00. The van der Waals surface area contributed by atoms with Crippen molar-refractivity contribution in [3.05, 3.63) is 39.0 Å². The molecule has 0 bridgehead atoms. The van der Waals surface area contributed by atoms with Gasteiger partial charge < -0.3 is 0 Å². The quantitative estimate of drug-likeness (QED) is 0.301. The standard InChI is InChI=1S/C14H15ClFN3O2S/c1-3-8(4-2)5-13(20)22-12-6-9(14(21)18-19-17)11(16)7-10(12)15/h6-8H,3-5H2,1-2H3. The number of nitrogens with zero attached hydrogens (tertiary/aromatic N) is 3. The number of azide groups is 1. The first-order valence-corrected chi connectivity index (χ1v) is 7.91. The van der Waals surface area contributed by atoms with E-state index >= 15 is 0 Å². The fourth-order valence-corrected chi connectivity index (χ4v) is 3.01. The number of amides is 1. The molecule has 0 aliphatic rings. The van der Waals surface area contributed by atoms with Crippen LogP contribution in [0.15, 0.2) is 22.1 Å². The number of thioether (sulfide) groups is 1. The van der Waals surface area contributed by atoms with Crippen LogP contribution in [-0.2, 0) is 4.79 Å². The summed E-state index contributed by atoms with van der Waals surface area (Å²) in [5.41, 5.74) is 7.84. The van der Waals surface area contributed by atoms with Crippen molar-refractivity contribution in [2.24, 2.45) is 11.0 Å². The molecule has 8 heteroatoms. The number of rotatable bonds is 6. The molecule has 5 nitrogen and oxygen atoms in total. The topological polar surface area (TPSA) is 82.9 Å². The summed E-state index contributed by atoms with van der Waals surface area (Å²) in [5, 5.41) is 2.78. The third kappa shape index (κ3) is 5.02. The van der Waals surface area contributed by atoms with E-state index < -0.39 is 17.3 Å². The predicted molar refractivity (Wildman–Crippen MR) is 84.4 cm³/mol. The minimum absolute atomic E-state index is 0.0397. The number of carbonyl (C=O) groups excluding carboxylic acids is 2. The van der Waals surface area contributed by atoms with Gasteiger partial charge in [-0.3, -0.25) is 9.59 Å². The third-order valence-electron chi connectivity index (χ3n) is 3.22. The number of halogens is 2. The van der Waals surface area contributed by atoms with Crippen LogP contribution >= 0.6 is 23.4 Å². The lowest BCUT2D eigenvalue weighted by molar-refractivity contribution is -0.111. The number of carbonyl (C=O) groups is 2. The summed E-state index contributed by atoms with van der Waals surface area (Å²) in [6.07, 6.45) is 2.16. The van der Waals surface area contributed by atoms with Gasteiger partial charge in [-0.2, -0.15) is 0 Å². The fraction of sp³-hybridized carbons (Fsp3) is 0.429. The molecule has 1 aromatic rings. The van der Waals surface area contributed by atoms with Crippen LogP contribution in [0, 0.1) is 11.7 Å². The summed E-state index contributed by atoms with van der Waals surface area (Å²) in [7, 11) is 0. The molecule has 0 aliphatic heterocycles. The molecule has 0 atom stereocenters. The minimum Gasteiger partial charge on any atom is -0.287 e. The normalized spacial score (nSPS) is 10.4. The fourth-order valence-electron chi connectivity index (χ4n) is 1.84. The molecule has 0 fully saturated rings. The lowest BCUT2D eigenvalue weighted by Gasteiger charge is -2.11. The Hall–Kier alpha value is -1.56. The molecular weight excluding hydrogens is 329 g/mol. The van der Waals surface area contributed by atoms with Gasteiger partial charge in [0.15, 0.2) is 5.12 Å². The Bertz CT molecular complexity index is 629. The first kappa shape index (κ1) is 18.5. The molecule has 1 aromatic carbocycles. The number of benzene rings is 1. The second kappa shape index (κ2) is 8.78. The summed E-state index contributed by atoms with van der Waals surface area (Å²) in [4.78, 5) is 26.1. The van der Waals surface area contributed by atoms with Crippen LogP contribution in [0.5, 0.6) is 0 Å². The highest BCUT2D eigenvalue weighted by Gasteiger charge is 2.18. The highest BCUT2D eigenvalue weighted by molar-refractivity contribution is 8.13. The molecule has 0 saturated carbocycles. The van der Waals surface area contributed by atoms with Crippen molar-refractivity contribution in [1.82, 2.24) is 0 Å². The largest absolute Gasteiger partial charge is 0.287 e. The molecule has 118 valence electrons. The summed E-state index contributed by atoms with van der Waals surface area (Å²) in [6, 6.07) is 2.08. The second-order valence-electron chi connectivity index (χ2n) is 4.62. The van der Waals surface area contributed by atoms with E-state index in [4.69, 9.17) is 17.1 Å². The number of hydrogen-bond donors (Lipinski definition) is 0. The zero-order valence-corrected chi connectivity index (χ0v) is 13.7. The first-order chi connectivity index (χ1) is 10.4. The SMILES string of the molecule is CCC(CC)CC(=O)Sc1cc(C(=O)N=[N+]=[N-])c(F)cc1Cl. The Kier molecular flexibility index (Phi) is 7.38. The van der Waals surface area contributed by atoms with E-state index in [1.807, 2.05) is 13.8 Å². The van der Waals surface area contributed by atoms with Gasteiger partial charge in [-0.25, -0.2) is 4.39 Å². The molecule has 0 spiro atoms. The maximum atomic E-state index is 13.7. The van der Waals surface area contributed by atoms with Crippen LogP contribution in [0.1, 0.15) is 43.5 Å². The van der Waals surface area contributed by atoms with Crippen molar-refractivity contribution in [3.8, 4) is 0 Å². The summed E-state index contributed by atoms with van der Waals surface area (Å²) >= 11 is 6.77. The van der Waals surface area contributed by atoms with Gasteiger partial charge in [0.2, 0.25) is 0 Å². The van der Waals surface area contributed by atoms with Crippen molar-refractivity contribution in [2.75, 3.05) is 0 Å². The Morgan fingerprint density at radius 1 is 1.41 bits per heavy atom. The van der Waals surface area contributed by atoms with Crippen LogP contribution in [0.2, 0.25) is 5.02 Å². The predicted octanol–water partition coefficient (Wildman–Crippen LogP) is 5.37. The maximum absolute atomic E-state index is 13.7. The maximum Gasteiger partial charge on any atom is 0.252 e. The second-order valence-corrected chi connectivity index (χ2v) is 6.12. The molecule has 0 aromatic heterocycles. The van der Waals surface area contributed by atoms with E-state index in [9.17, 15) is 14.0 Å². The third-order valence-corrected chi connectivity index (χ3v) is 4.60. The number of hydrogen-bond acceptors (Lipinski definition) is 3. The summed E-state index contributed by atoms with van der Waals surface area (Å²) in [6.45, 7) is 4.02. The molecule has 1 amide bonds. The highest BCUT2D eigenvalue weighted by Crippen LogP contribution is 2.32. The van der Waals surface area contributed by atoms with Crippen LogP contribution in [0.25, 0.3) is 10.4 Å². The van der Waals surface area contributed by atoms with E-state index in [1.165, 1.54) is 0 Å². The zero-order valence-electron chi connectivity index (χ0n) is 12.2. The molecule has 0 aliphatic carbocycles. The minimum atomic E-state index is -1.05. The lowest BCUT2D eigenvalue weighted by Crippen LogP contribution is -2.04. The van der Waals surface area contributed by atoms with E-state index in [1.54, 1.807) is 0 Å². The molecule has 22 heavy (non-hydrogen) atoms. The Morgan fingerprint density at radius 2 is 2.05 bits per heavy atom. The van der Waals surface area contributed by atoms with E-state index in [0.717, 1.165) is 36.7 Å².